The lowest BCUT2D eigenvalue weighted by Gasteiger charge is -2.26. The molecule has 39 heavy (non-hydrogen) atoms. The molecule has 6 rings (SSSR count). The lowest BCUT2D eigenvalue weighted by atomic mass is 9.93. The maximum Gasteiger partial charge on any atom is 0.338 e. The molecule has 9 heteroatoms. The van der Waals surface area contributed by atoms with Crippen molar-refractivity contribution in [3.05, 3.63) is 115 Å². The Morgan fingerprint density at radius 1 is 1.08 bits per heavy atom. The van der Waals surface area contributed by atoms with Crippen molar-refractivity contribution in [1.29, 1.82) is 0 Å². The van der Waals surface area contributed by atoms with Gasteiger partial charge in [0, 0.05) is 5.56 Å². The van der Waals surface area contributed by atoms with Gasteiger partial charge in [0.15, 0.2) is 16.3 Å². The van der Waals surface area contributed by atoms with Crippen LogP contribution < -0.4 is 29.1 Å². The van der Waals surface area contributed by atoms with Crippen LogP contribution >= 0.6 is 11.3 Å². The van der Waals surface area contributed by atoms with E-state index in [9.17, 15) is 9.59 Å². The van der Waals surface area contributed by atoms with Gasteiger partial charge in [-0.3, -0.25) is 9.36 Å². The molecule has 2 aliphatic heterocycles. The van der Waals surface area contributed by atoms with Gasteiger partial charge in [-0.25, -0.2) is 9.79 Å². The molecule has 0 bridgehead atoms. The van der Waals surface area contributed by atoms with Gasteiger partial charge in [0.05, 0.1) is 35.6 Å². The van der Waals surface area contributed by atoms with Crippen LogP contribution in [-0.4, -0.2) is 31.0 Å². The van der Waals surface area contributed by atoms with Crippen LogP contribution in [0.2, 0.25) is 0 Å². The quantitative estimate of drug-likeness (QED) is 0.347. The fourth-order valence-corrected chi connectivity index (χ4v) is 5.70. The molecule has 3 heterocycles. The zero-order chi connectivity index (χ0) is 26.9. The molecule has 0 amide bonds. The van der Waals surface area contributed by atoms with Crippen LogP contribution in [-0.2, 0) is 9.53 Å². The van der Waals surface area contributed by atoms with E-state index >= 15 is 0 Å². The van der Waals surface area contributed by atoms with Gasteiger partial charge in [0.1, 0.15) is 5.75 Å². The van der Waals surface area contributed by atoms with Crippen molar-refractivity contribution in [2.45, 2.75) is 13.0 Å². The first kappa shape index (κ1) is 24.7. The van der Waals surface area contributed by atoms with E-state index in [1.807, 2.05) is 72.8 Å². The van der Waals surface area contributed by atoms with E-state index in [0.29, 0.717) is 37.9 Å². The number of benzene rings is 3. The summed E-state index contributed by atoms with van der Waals surface area (Å²) in [4.78, 5) is 32.8. The molecule has 0 spiro atoms. The molecule has 0 saturated heterocycles. The summed E-state index contributed by atoms with van der Waals surface area (Å²) in [5.41, 5.74) is 2.80. The van der Waals surface area contributed by atoms with Gasteiger partial charge in [-0.2, -0.15) is 0 Å². The maximum atomic E-state index is 14.0. The number of thiazole rings is 1. The molecule has 3 aromatic carbocycles. The molecule has 196 valence electrons. The molecule has 4 aromatic rings. The van der Waals surface area contributed by atoms with Crippen molar-refractivity contribution in [3.8, 4) is 17.2 Å². The minimum atomic E-state index is -0.750. The topological polar surface area (TPSA) is 88.4 Å². The van der Waals surface area contributed by atoms with E-state index < -0.39 is 12.0 Å². The highest BCUT2D eigenvalue weighted by Gasteiger charge is 2.35. The summed E-state index contributed by atoms with van der Waals surface area (Å²) in [7, 11) is 1.59. The van der Waals surface area contributed by atoms with Crippen LogP contribution in [0.15, 0.2) is 88.2 Å². The minimum absolute atomic E-state index is 0.168. The Morgan fingerprint density at radius 3 is 2.59 bits per heavy atom. The molecule has 0 saturated carbocycles. The summed E-state index contributed by atoms with van der Waals surface area (Å²) in [5.74, 6) is 1.44. The fourth-order valence-electron chi connectivity index (χ4n) is 4.70. The van der Waals surface area contributed by atoms with Gasteiger partial charge in [-0.1, -0.05) is 59.9 Å². The molecule has 0 unspecified atom stereocenters. The lowest BCUT2D eigenvalue weighted by Crippen LogP contribution is -2.40. The first-order valence-corrected chi connectivity index (χ1v) is 13.2. The van der Waals surface area contributed by atoms with Gasteiger partial charge in [0.2, 0.25) is 6.79 Å². The molecule has 1 atom stereocenters. The number of rotatable bonds is 6. The summed E-state index contributed by atoms with van der Waals surface area (Å²) >= 11 is 1.27. The van der Waals surface area contributed by atoms with Crippen molar-refractivity contribution in [2.24, 2.45) is 4.99 Å². The van der Waals surface area contributed by atoms with Crippen LogP contribution in [0.3, 0.4) is 0 Å². The second kappa shape index (κ2) is 10.3. The average Bonchev–Trinajstić information content (AvgIpc) is 3.56. The van der Waals surface area contributed by atoms with Crippen molar-refractivity contribution in [2.75, 3.05) is 20.5 Å². The third kappa shape index (κ3) is 4.51. The van der Waals surface area contributed by atoms with Gasteiger partial charge < -0.3 is 18.9 Å². The maximum absolute atomic E-state index is 14.0. The summed E-state index contributed by atoms with van der Waals surface area (Å²) in [5, 5.41) is 0. The highest BCUT2D eigenvalue weighted by atomic mass is 32.1. The third-order valence-corrected chi connectivity index (χ3v) is 7.48. The second-order valence-corrected chi connectivity index (χ2v) is 9.83. The van der Waals surface area contributed by atoms with Gasteiger partial charge >= 0.3 is 5.97 Å². The molecule has 1 aromatic heterocycles. The summed E-state index contributed by atoms with van der Waals surface area (Å²) in [6.07, 6.45) is 1.80. The number of hydrogen-bond donors (Lipinski definition) is 0. The molecule has 8 nitrogen and oxygen atoms in total. The SMILES string of the molecule is CCOC(=O)C1=C(c2ccccc2)N=c2s/c(=C\c3ccc4c(c3)OCO4)c(=O)n2[C@H]1c1ccc(OC)cc1. The minimum Gasteiger partial charge on any atom is -0.497 e. The third-order valence-electron chi connectivity index (χ3n) is 6.50. The lowest BCUT2D eigenvalue weighted by molar-refractivity contribution is -0.138. The summed E-state index contributed by atoms with van der Waals surface area (Å²) < 4.78 is 23.8. The summed E-state index contributed by atoms with van der Waals surface area (Å²) in [6, 6.07) is 21.6. The smallest absolute Gasteiger partial charge is 0.338 e. The number of fused-ring (bicyclic) bond motifs is 2. The molecule has 0 N–H and O–H groups in total. The predicted octanol–water partition coefficient (Wildman–Crippen LogP) is 3.67. The highest BCUT2D eigenvalue weighted by molar-refractivity contribution is 7.07. The van der Waals surface area contributed by atoms with E-state index in [-0.39, 0.29) is 19.0 Å². The van der Waals surface area contributed by atoms with Crippen LogP contribution in [0.5, 0.6) is 17.2 Å². The Bertz CT molecular complexity index is 1770. The van der Waals surface area contributed by atoms with E-state index in [0.717, 1.165) is 16.7 Å². The van der Waals surface area contributed by atoms with Crippen LogP contribution in [0.1, 0.15) is 29.7 Å². The number of esters is 1. The number of methoxy groups -OCH3 is 1. The van der Waals surface area contributed by atoms with E-state index in [1.54, 1.807) is 24.7 Å². The monoisotopic (exact) mass is 540 g/mol. The fraction of sp³-hybridized carbons (Fsp3) is 0.167. The molecule has 2 aliphatic rings. The first-order chi connectivity index (χ1) is 19.1. The number of carbonyl (C=O) groups excluding carboxylic acids is 1. The number of carbonyl (C=O) groups is 1. The van der Waals surface area contributed by atoms with Crippen LogP contribution in [0.4, 0.5) is 0 Å². The van der Waals surface area contributed by atoms with Crippen molar-refractivity contribution in [3.63, 3.8) is 0 Å². The largest absolute Gasteiger partial charge is 0.497 e. The number of aromatic nitrogens is 1. The van der Waals surface area contributed by atoms with Crippen molar-refractivity contribution >= 4 is 29.1 Å². The van der Waals surface area contributed by atoms with Gasteiger partial charge in [-0.15, -0.1) is 0 Å². The molecule has 0 radical (unpaired) electrons. The molecular weight excluding hydrogens is 516 g/mol. The Morgan fingerprint density at radius 2 is 1.85 bits per heavy atom. The van der Waals surface area contributed by atoms with Gasteiger partial charge in [-0.05, 0) is 48.4 Å². The predicted molar refractivity (Wildman–Crippen MR) is 147 cm³/mol. The molecule has 0 aliphatic carbocycles. The highest BCUT2D eigenvalue weighted by Crippen LogP contribution is 2.36. The van der Waals surface area contributed by atoms with Gasteiger partial charge in [0.25, 0.3) is 5.56 Å². The van der Waals surface area contributed by atoms with Crippen molar-refractivity contribution in [1.82, 2.24) is 4.57 Å². The Hall–Kier alpha value is -4.63. The number of nitrogens with zero attached hydrogens (tertiary/aromatic N) is 2. The van der Waals surface area contributed by atoms with E-state index in [2.05, 4.69) is 0 Å². The Kier molecular flexibility index (Phi) is 6.50. The molecule has 0 fully saturated rings. The van der Waals surface area contributed by atoms with E-state index in [1.165, 1.54) is 11.3 Å². The zero-order valence-electron chi connectivity index (χ0n) is 21.2. The number of ether oxygens (including phenoxy) is 4. The summed E-state index contributed by atoms with van der Waals surface area (Å²) in [6.45, 7) is 2.11. The Labute approximate surface area is 227 Å². The van der Waals surface area contributed by atoms with Crippen LogP contribution in [0.25, 0.3) is 11.8 Å². The Balaban J connectivity index is 1.61. The zero-order valence-corrected chi connectivity index (χ0v) is 22.1. The van der Waals surface area contributed by atoms with Crippen molar-refractivity contribution < 1.29 is 23.7 Å². The van der Waals surface area contributed by atoms with Crippen LogP contribution in [0, 0.1) is 0 Å². The number of hydrogen-bond acceptors (Lipinski definition) is 8. The molecular formula is C30H24N2O6S. The normalized spacial score (nSPS) is 16.1. The standard InChI is InChI=1S/C30H24N2O6S/c1-3-36-29(34)25-26(19-7-5-4-6-8-19)31-30-32(27(25)20-10-12-21(35-2)13-11-20)28(33)24(39-30)16-18-9-14-22-23(15-18)38-17-37-22/h4-16,27H,3,17H2,1-2H3/b24-16-/t27-/m0/s1. The van der Waals surface area contributed by atoms with E-state index in [4.69, 9.17) is 23.9 Å². The first-order valence-electron chi connectivity index (χ1n) is 12.4. The average molecular weight is 541 g/mol. The second-order valence-electron chi connectivity index (χ2n) is 8.82.